The average molecular weight is 276 g/mol. The molecule has 0 aliphatic rings. The Bertz CT molecular complexity index is 288. The van der Waals surface area contributed by atoms with Crippen molar-refractivity contribution in [3.8, 4) is 0 Å². The Morgan fingerprint density at radius 2 is 2.27 bits per heavy atom. The van der Waals surface area contributed by atoms with Crippen LogP contribution in [0.4, 0.5) is 0 Å². The lowest BCUT2D eigenvalue weighted by molar-refractivity contribution is 0.253. The summed E-state index contributed by atoms with van der Waals surface area (Å²) in [6, 6.07) is 4.36. The fourth-order valence-electron chi connectivity index (χ4n) is 1.56. The second-order valence-corrected chi connectivity index (χ2v) is 4.43. The normalized spacial score (nSPS) is 15.2. The predicted octanol–water partition coefficient (Wildman–Crippen LogP) is 2.85. The van der Waals surface area contributed by atoms with Crippen LogP contribution in [0.25, 0.3) is 0 Å². The standard InChI is InChI=1S/C11H18BrNO2/c1-3-9(6-7-14)13-8(2)10-4-5-11(12)15-10/h4-5,8-9,13-14H,3,6-7H2,1-2H3. The maximum absolute atomic E-state index is 8.88. The Labute approximate surface area is 99.0 Å². The van der Waals surface area contributed by atoms with Gasteiger partial charge in [-0.05, 0) is 47.8 Å². The minimum atomic E-state index is 0.174. The fourth-order valence-corrected chi connectivity index (χ4v) is 1.88. The summed E-state index contributed by atoms with van der Waals surface area (Å²) in [5.74, 6) is 0.915. The maximum Gasteiger partial charge on any atom is 0.169 e. The summed E-state index contributed by atoms with van der Waals surface area (Å²) >= 11 is 3.28. The molecule has 0 saturated carbocycles. The predicted molar refractivity (Wildman–Crippen MR) is 63.7 cm³/mol. The molecule has 1 aromatic heterocycles. The number of halogens is 1. The van der Waals surface area contributed by atoms with E-state index in [0.29, 0.717) is 6.04 Å². The molecule has 0 bridgehead atoms. The number of rotatable bonds is 6. The van der Waals surface area contributed by atoms with Gasteiger partial charge in [-0.2, -0.15) is 0 Å². The minimum Gasteiger partial charge on any atom is -0.453 e. The summed E-state index contributed by atoms with van der Waals surface area (Å²) in [4.78, 5) is 0. The van der Waals surface area contributed by atoms with E-state index in [-0.39, 0.29) is 12.6 Å². The van der Waals surface area contributed by atoms with Crippen molar-refractivity contribution in [3.63, 3.8) is 0 Å². The molecule has 0 fully saturated rings. The Hall–Kier alpha value is -0.320. The van der Waals surface area contributed by atoms with Crippen molar-refractivity contribution in [3.05, 3.63) is 22.6 Å². The molecule has 0 aliphatic carbocycles. The van der Waals surface area contributed by atoms with Crippen molar-refractivity contribution >= 4 is 15.9 Å². The van der Waals surface area contributed by atoms with Crippen molar-refractivity contribution < 1.29 is 9.52 Å². The lowest BCUT2D eigenvalue weighted by Crippen LogP contribution is -2.31. The SMILES string of the molecule is CCC(CCO)NC(C)c1ccc(Br)o1. The molecule has 0 spiro atoms. The number of furan rings is 1. The number of aliphatic hydroxyl groups excluding tert-OH is 1. The number of hydrogen-bond donors (Lipinski definition) is 2. The second-order valence-electron chi connectivity index (χ2n) is 3.65. The van der Waals surface area contributed by atoms with E-state index >= 15 is 0 Å². The molecule has 1 rings (SSSR count). The molecule has 2 atom stereocenters. The average Bonchev–Trinajstić information content (AvgIpc) is 2.64. The van der Waals surface area contributed by atoms with Crippen LogP contribution in [0, 0.1) is 0 Å². The highest BCUT2D eigenvalue weighted by molar-refractivity contribution is 9.10. The van der Waals surface area contributed by atoms with Gasteiger partial charge in [0.15, 0.2) is 4.67 Å². The Balaban J connectivity index is 2.50. The molecule has 0 radical (unpaired) electrons. The first kappa shape index (κ1) is 12.7. The molecule has 0 saturated heterocycles. The van der Waals surface area contributed by atoms with Crippen LogP contribution in [-0.4, -0.2) is 17.8 Å². The molecule has 2 unspecified atom stereocenters. The van der Waals surface area contributed by atoms with Crippen molar-refractivity contribution in [2.45, 2.75) is 38.8 Å². The summed E-state index contributed by atoms with van der Waals surface area (Å²) in [7, 11) is 0. The molecule has 1 aromatic rings. The largest absolute Gasteiger partial charge is 0.453 e. The van der Waals surface area contributed by atoms with Gasteiger partial charge in [0.25, 0.3) is 0 Å². The highest BCUT2D eigenvalue weighted by Crippen LogP contribution is 2.20. The molecule has 0 aromatic carbocycles. The van der Waals surface area contributed by atoms with Gasteiger partial charge in [-0.3, -0.25) is 0 Å². The number of nitrogens with one attached hydrogen (secondary N) is 1. The third-order valence-electron chi connectivity index (χ3n) is 2.48. The van der Waals surface area contributed by atoms with Crippen molar-refractivity contribution in [1.29, 1.82) is 0 Å². The van der Waals surface area contributed by atoms with Gasteiger partial charge < -0.3 is 14.8 Å². The summed E-state index contributed by atoms with van der Waals surface area (Å²) in [5.41, 5.74) is 0. The molecule has 0 aliphatic heterocycles. The molecule has 1 heterocycles. The van der Waals surface area contributed by atoms with Crippen LogP contribution in [0.2, 0.25) is 0 Å². The van der Waals surface area contributed by atoms with Gasteiger partial charge in [0.05, 0.1) is 6.04 Å². The smallest absolute Gasteiger partial charge is 0.169 e. The molecular weight excluding hydrogens is 258 g/mol. The lowest BCUT2D eigenvalue weighted by atomic mass is 10.1. The number of aliphatic hydroxyl groups is 1. The molecule has 4 heteroatoms. The first-order valence-corrected chi connectivity index (χ1v) is 6.08. The minimum absolute atomic E-state index is 0.174. The Morgan fingerprint density at radius 3 is 2.73 bits per heavy atom. The summed E-state index contributed by atoms with van der Waals surface area (Å²) < 4.78 is 6.21. The van der Waals surface area contributed by atoms with Gasteiger partial charge in [-0.1, -0.05) is 6.92 Å². The molecule has 3 nitrogen and oxygen atoms in total. The van der Waals surface area contributed by atoms with Crippen LogP contribution in [0.3, 0.4) is 0 Å². The van der Waals surface area contributed by atoms with Crippen molar-refractivity contribution in [2.24, 2.45) is 0 Å². The fraction of sp³-hybridized carbons (Fsp3) is 0.636. The highest BCUT2D eigenvalue weighted by Gasteiger charge is 2.13. The van der Waals surface area contributed by atoms with Gasteiger partial charge in [0.2, 0.25) is 0 Å². The van der Waals surface area contributed by atoms with Gasteiger partial charge in [-0.25, -0.2) is 0 Å². The zero-order valence-electron chi connectivity index (χ0n) is 9.16. The van der Waals surface area contributed by atoms with Crippen LogP contribution in [0.15, 0.2) is 21.2 Å². The van der Waals surface area contributed by atoms with Crippen LogP contribution in [0.1, 0.15) is 38.5 Å². The van der Waals surface area contributed by atoms with E-state index in [4.69, 9.17) is 9.52 Å². The van der Waals surface area contributed by atoms with Crippen LogP contribution < -0.4 is 5.32 Å². The van der Waals surface area contributed by atoms with Crippen LogP contribution in [-0.2, 0) is 0 Å². The third-order valence-corrected chi connectivity index (χ3v) is 2.90. The van der Waals surface area contributed by atoms with Crippen molar-refractivity contribution in [2.75, 3.05) is 6.61 Å². The quantitative estimate of drug-likeness (QED) is 0.839. The van der Waals surface area contributed by atoms with E-state index in [9.17, 15) is 0 Å². The highest BCUT2D eigenvalue weighted by atomic mass is 79.9. The van der Waals surface area contributed by atoms with E-state index in [0.717, 1.165) is 23.3 Å². The molecule has 0 amide bonds. The maximum atomic E-state index is 8.88. The van der Waals surface area contributed by atoms with Gasteiger partial charge in [0.1, 0.15) is 5.76 Å². The van der Waals surface area contributed by atoms with Crippen LogP contribution >= 0.6 is 15.9 Å². The first-order valence-electron chi connectivity index (χ1n) is 5.29. The summed E-state index contributed by atoms with van der Waals surface area (Å²) in [6.07, 6.45) is 1.79. The monoisotopic (exact) mass is 275 g/mol. The number of hydrogen-bond acceptors (Lipinski definition) is 3. The Morgan fingerprint density at radius 1 is 1.53 bits per heavy atom. The van der Waals surface area contributed by atoms with E-state index in [1.165, 1.54) is 0 Å². The van der Waals surface area contributed by atoms with E-state index < -0.39 is 0 Å². The summed E-state index contributed by atoms with van der Waals surface area (Å²) in [6.45, 7) is 4.39. The van der Waals surface area contributed by atoms with Crippen molar-refractivity contribution in [1.82, 2.24) is 5.32 Å². The molecule has 15 heavy (non-hydrogen) atoms. The lowest BCUT2D eigenvalue weighted by Gasteiger charge is -2.20. The van der Waals surface area contributed by atoms with Gasteiger partial charge in [0, 0.05) is 12.6 Å². The van der Waals surface area contributed by atoms with E-state index in [2.05, 4.69) is 35.1 Å². The van der Waals surface area contributed by atoms with Gasteiger partial charge in [-0.15, -0.1) is 0 Å². The van der Waals surface area contributed by atoms with Gasteiger partial charge >= 0.3 is 0 Å². The zero-order chi connectivity index (χ0) is 11.3. The van der Waals surface area contributed by atoms with E-state index in [1.54, 1.807) is 0 Å². The molecule has 86 valence electrons. The first-order chi connectivity index (χ1) is 7.17. The molecular formula is C11H18BrNO2. The van der Waals surface area contributed by atoms with E-state index in [1.807, 2.05) is 12.1 Å². The zero-order valence-corrected chi connectivity index (χ0v) is 10.8. The molecule has 2 N–H and O–H groups in total. The summed E-state index contributed by atoms with van der Waals surface area (Å²) in [5, 5.41) is 12.3. The Kier molecular flexibility index (Phi) is 5.36. The van der Waals surface area contributed by atoms with Crippen LogP contribution in [0.5, 0.6) is 0 Å². The topological polar surface area (TPSA) is 45.4 Å². The second kappa shape index (κ2) is 6.30. The third kappa shape index (κ3) is 3.97.